The summed E-state index contributed by atoms with van der Waals surface area (Å²) >= 11 is 0. The Morgan fingerprint density at radius 2 is 2.50 bits per heavy atom. The minimum Gasteiger partial charge on any atom is -0.312 e. The van der Waals surface area contributed by atoms with Crippen molar-refractivity contribution in [3.05, 3.63) is 17.0 Å². The maximum atomic E-state index is 8.53. The Morgan fingerprint density at radius 3 is 3.29 bits per heavy atom. The van der Waals surface area contributed by atoms with Crippen molar-refractivity contribution in [1.29, 1.82) is 5.26 Å². The van der Waals surface area contributed by atoms with Crippen LogP contribution < -0.4 is 5.32 Å². The summed E-state index contributed by atoms with van der Waals surface area (Å²) in [5, 5.41) is 16.3. The number of nitrogens with one attached hydrogen (secondary N) is 1. The average molecular weight is 190 g/mol. The first-order chi connectivity index (χ1) is 6.83. The number of fused-ring (bicyclic) bond motifs is 1. The molecule has 0 radical (unpaired) electrons. The third kappa shape index (κ3) is 1.51. The molecule has 2 heterocycles. The topological polar surface area (TPSA) is 53.6 Å². The normalized spacial score (nSPS) is 14.9. The standard InChI is InChI=1S/C10H14N4/c1-8-9-7-12-5-3-10(9)14(13-8)6-2-4-11/h12H,2-3,5-7H2,1H3. The van der Waals surface area contributed by atoms with Crippen molar-refractivity contribution in [2.24, 2.45) is 0 Å². The second-order valence-electron chi connectivity index (χ2n) is 3.57. The van der Waals surface area contributed by atoms with Gasteiger partial charge in [-0.3, -0.25) is 4.68 Å². The van der Waals surface area contributed by atoms with E-state index in [0.717, 1.165) is 31.7 Å². The largest absolute Gasteiger partial charge is 0.312 e. The lowest BCUT2D eigenvalue weighted by molar-refractivity contribution is 0.557. The van der Waals surface area contributed by atoms with Crippen molar-refractivity contribution in [2.45, 2.75) is 32.9 Å². The van der Waals surface area contributed by atoms with Gasteiger partial charge in [-0.05, 0) is 6.92 Å². The van der Waals surface area contributed by atoms with E-state index >= 15 is 0 Å². The molecule has 0 aliphatic carbocycles. The number of aryl methyl sites for hydroxylation is 2. The molecule has 1 aliphatic rings. The van der Waals surface area contributed by atoms with Crippen molar-refractivity contribution in [1.82, 2.24) is 15.1 Å². The Morgan fingerprint density at radius 1 is 1.64 bits per heavy atom. The van der Waals surface area contributed by atoms with Crippen molar-refractivity contribution in [3.63, 3.8) is 0 Å². The summed E-state index contributed by atoms with van der Waals surface area (Å²) in [7, 11) is 0. The van der Waals surface area contributed by atoms with E-state index in [1.165, 1.54) is 11.3 Å². The van der Waals surface area contributed by atoms with E-state index in [-0.39, 0.29) is 0 Å². The molecule has 0 atom stereocenters. The molecule has 1 N–H and O–H groups in total. The average Bonchev–Trinajstić information content (AvgIpc) is 2.54. The number of nitrogens with zero attached hydrogens (tertiary/aromatic N) is 3. The van der Waals surface area contributed by atoms with Gasteiger partial charge in [0.1, 0.15) is 0 Å². The second-order valence-corrected chi connectivity index (χ2v) is 3.57. The van der Waals surface area contributed by atoms with Gasteiger partial charge in [-0.15, -0.1) is 0 Å². The van der Waals surface area contributed by atoms with Gasteiger partial charge in [0.05, 0.1) is 24.7 Å². The van der Waals surface area contributed by atoms with Crippen LogP contribution in [0.4, 0.5) is 0 Å². The van der Waals surface area contributed by atoms with E-state index in [1.54, 1.807) is 0 Å². The van der Waals surface area contributed by atoms with E-state index in [0.29, 0.717) is 6.42 Å². The molecule has 0 spiro atoms. The fourth-order valence-electron chi connectivity index (χ4n) is 1.94. The molecule has 0 unspecified atom stereocenters. The van der Waals surface area contributed by atoms with Crippen molar-refractivity contribution in [3.8, 4) is 6.07 Å². The van der Waals surface area contributed by atoms with E-state index in [9.17, 15) is 0 Å². The second kappa shape index (κ2) is 3.81. The molecule has 0 bridgehead atoms. The Hall–Kier alpha value is -1.34. The van der Waals surface area contributed by atoms with Gasteiger partial charge in [0, 0.05) is 30.8 Å². The van der Waals surface area contributed by atoms with Gasteiger partial charge >= 0.3 is 0 Å². The van der Waals surface area contributed by atoms with Gasteiger partial charge in [-0.25, -0.2) is 0 Å². The van der Waals surface area contributed by atoms with Gasteiger partial charge in [0.2, 0.25) is 0 Å². The fraction of sp³-hybridized carbons (Fsp3) is 0.600. The molecule has 74 valence electrons. The number of hydrogen-bond donors (Lipinski definition) is 1. The van der Waals surface area contributed by atoms with Gasteiger partial charge in [-0.1, -0.05) is 0 Å². The van der Waals surface area contributed by atoms with Crippen LogP contribution in [0.3, 0.4) is 0 Å². The molecule has 4 nitrogen and oxygen atoms in total. The zero-order valence-electron chi connectivity index (χ0n) is 8.38. The maximum Gasteiger partial charge on any atom is 0.0641 e. The SMILES string of the molecule is Cc1nn(CCC#N)c2c1CNCC2. The van der Waals surface area contributed by atoms with Crippen LogP contribution in [0.2, 0.25) is 0 Å². The first kappa shape index (κ1) is 9.22. The summed E-state index contributed by atoms with van der Waals surface area (Å²) in [6.45, 7) is 4.71. The summed E-state index contributed by atoms with van der Waals surface area (Å²) < 4.78 is 1.99. The Balaban J connectivity index is 2.28. The Kier molecular flexibility index (Phi) is 2.51. The highest BCUT2D eigenvalue weighted by molar-refractivity contribution is 5.27. The van der Waals surface area contributed by atoms with E-state index in [1.807, 2.05) is 11.6 Å². The molecule has 1 aromatic heterocycles. The summed E-state index contributed by atoms with van der Waals surface area (Å²) in [6.07, 6.45) is 1.57. The number of aromatic nitrogens is 2. The molecule has 0 aromatic carbocycles. The maximum absolute atomic E-state index is 8.53. The molecule has 14 heavy (non-hydrogen) atoms. The highest BCUT2D eigenvalue weighted by atomic mass is 15.3. The summed E-state index contributed by atoms with van der Waals surface area (Å²) in [4.78, 5) is 0. The van der Waals surface area contributed by atoms with Gasteiger partial charge in [0.15, 0.2) is 0 Å². The minimum absolute atomic E-state index is 0.543. The van der Waals surface area contributed by atoms with Crippen LogP contribution >= 0.6 is 0 Å². The van der Waals surface area contributed by atoms with E-state index in [2.05, 4.69) is 16.5 Å². The Labute approximate surface area is 83.5 Å². The molecule has 4 heteroatoms. The lowest BCUT2D eigenvalue weighted by Crippen LogP contribution is -2.25. The van der Waals surface area contributed by atoms with Crippen LogP contribution in [-0.2, 0) is 19.5 Å². The summed E-state index contributed by atoms with van der Waals surface area (Å²) in [6, 6.07) is 2.16. The minimum atomic E-state index is 0.543. The van der Waals surface area contributed by atoms with Crippen LogP contribution in [0.1, 0.15) is 23.4 Å². The Bertz CT molecular complexity index is 372. The first-order valence-electron chi connectivity index (χ1n) is 4.95. The lowest BCUT2D eigenvalue weighted by Gasteiger charge is -2.14. The number of hydrogen-bond acceptors (Lipinski definition) is 3. The monoisotopic (exact) mass is 190 g/mol. The van der Waals surface area contributed by atoms with Crippen LogP contribution in [0.25, 0.3) is 0 Å². The summed E-state index contributed by atoms with van der Waals surface area (Å²) in [5.41, 5.74) is 3.75. The van der Waals surface area contributed by atoms with Gasteiger partial charge in [-0.2, -0.15) is 10.4 Å². The number of rotatable bonds is 2. The molecule has 0 amide bonds. The predicted octanol–water partition coefficient (Wildman–Crippen LogP) is 0.751. The van der Waals surface area contributed by atoms with Crippen LogP contribution in [-0.4, -0.2) is 16.3 Å². The van der Waals surface area contributed by atoms with E-state index in [4.69, 9.17) is 5.26 Å². The highest BCUT2D eigenvalue weighted by Crippen LogP contribution is 2.17. The smallest absolute Gasteiger partial charge is 0.0641 e. The van der Waals surface area contributed by atoms with Crippen molar-refractivity contribution >= 4 is 0 Å². The van der Waals surface area contributed by atoms with Crippen molar-refractivity contribution in [2.75, 3.05) is 6.54 Å². The lowest BCUT2D eigenvalue weighted by atomic mass is 10.1. The van der Waals surface area contributed by atoms with Crippen molar-refractivity contribution < 1.29 is 0 Å². The zero-order valence-corrected chi connectivity index (χ0v) is 8.38. The molecule has 0 fully saturated rings. The van der Waals surface area contributed by atoms with Gasteiger partial charge in [0.25, 0.3) is 0 Å². The third-order valence-electron chi connectivity index (χ3n) is 2.64. The fourth-order valence-corrected chi connectivity index (χ4v) is 1.94. The predicted molar refractivity (Wildman–Crippen MR) is 52.6 cm³/mol. The van der Waals surface area contributed by atoms with Crippen LogP contribution in [0.15, 0.2) is 0 Å². The zero-order chi connectivity index (χ0) is 9.97. The van der Waals surface area contributed by atoms with Gasteiger partial charge < -0.3 is 5.32 Å². The molecular weight excluding hydrogens is 176 g/mol. The first-order valence-corrected chi connectivity index (χ1v) is 4.95. The third-order valence-corrected chi connectivity index (χ3v) is 2.64. The van der Waals surface area contributed by atoms with E-state index < -0.39 is 0 Å². The number of nitriles is 1. The molecular formula is C10H14N4. The van der Waals surface area contributed by atoms with Crippen LogP contribution in [0.5, 0.6) is 0 Å². The summed E-state index contributed by atoms with van der Waals surface area (Å²) in [5.74, 6) is 0. The molecule has 0 saturated heterocycles. The highest BCUT2D eigenvalue weighted by Gasteiger charge is 2.17. The molecule has 1 aromatic rings. The molecule has 1 aliphatic heterocycles. The quantitative estimate of drug-likeness (QED) is 0.748. The molecule has 0 saturated carbocycles. The van der Waals surface area contributed by atoms with Crippen LogP contribution in [0, 0.1) is 18.3 Å². The molecule has 2 rings (SSSR count).